The van der Waals surface area contributed by atoms with E-state index in [0.717, 1.165) is 25.7 Å². The summed E-state index contributed by atoms with van der Waals surface area (Å²) < 4.78 is 10.3. The predicted molar refractivity (Wildman–Crippen MR) is 69.8 cm³/mol. The molecule has 106 valence electrons. The lowest BCUT2D eigenvalue weighted by atomic mass is 9.99. The van der Waals surface area contributed by atoms with Crippen LogP contribution in [0.1, 0.15) is 48.9 Å². The molecule has 5 nitrogen and oxygen atoms in total. The first-order valence-corrected chi connectivity index (χ1v) is 6.81. The molecule has 1 saturated carbocycles. The summed E-state index contributed by atoms with van der Waals surface area (Å²) in [7, 11) is 0. The molecule has 1 aromatic rings. The van der Waals surface area contributed by atoms with Gasteiger partial charge in [0.25, 0.3) is 0 Å². The molecular weight excluding hydrogens is 246 g/mol. The van der Waals surface area contributed by atoms with Crippen molar-refractivity contribution in [1.82, 2.24) is 5.32 Å². The Morgan fingerprint density at radius 2 is 2.21 bits per heavy atom. The second kappa shape index (κ2) is 6.21. The molecule has 0 aromatic carbocycles. The standard InChI is InChI=1S/C14H21NO4/c1-2-18-13(17)12-6-5-11(19-12)9-15-14(10-16)7-3-4-8-14/h5-6,15-16H,2-4,7-10H2,1H3. The van der Waals surface area contributed by atoms with Crippen LogP contribution in [0, 0.1) is 0 Å². The van der Waals surface area contributed by atoms with Gasteiger partial charge in [0, 0.05) is 5.54 Å². The first-order valence-electron chi connectivity index (χ1n) is 6.81. The second-order valence-corrected chi connectivity index (χ2v) is 4.99. The largest absolute Gasteiger partial charge is 0.460 e. The quantitative estimate of drug-likeness (QED) is 0.770. The van der Waals surface area contributed by atoms with Crippen LogP contribution < -0.4 is 5.32 Å². The number of aliphatic hydroxyl groups excluding tert-OH is 1. The predicted octanol–water partition coefficient (Wildman–Crippen LogP) is 1.85. The molecule has 0 unspecified atom stereocenters. The maximum absolute atomic E-state index is 11.5. The Labute approximate surface area is 112 Å². The number of esters is 1. The van der Waals surface area contributed by atoms with Crippen molar-refractivity contribution in [2.24, 2.45) is 0 Å². The molecule has 1 aromatic heterocycles. The van der Waals surface area contributed by atoms with Crippen molar-refractivity contribution in [2.75, 3.05) is 13.2 Å². The number of hydrogen-bond donors (Lipinski definition) is 2. The van der Waals surface area contributed by atoms with E-state index in [2.05, 4.69) is 5.32 Å². The minimum atomic E-state index is -0.438. The number of ether oxygens (including phenoxy) is 1. The molecule has 0 amide bonds. The summed E-state index contributed by atoms with van der Waals surface area (Å²) >= 11 is 0. The highest BCUT2D eigenvalue weighted by atomic mass is 16.5. The van der Waals surface area contributed by atoms with E-state index in [4.69, 9.17) is 9.15 Å². The molecule has 0 atom stereocenters. The van der Waals surface area contributed by atoms with Crippen LogP contribution in [-0.4, -0.2) is 29.8 Å². The second-order valence-electron chi connectivity index (χ2n) is 4.99. The Balaban J connectivity index is 1.91. The SMILES string of the molecule is CCOC(=O)c1ccc(CNC2(CO)CCCC2)o1. The van der Waals surface area contributed by atoms with Gasteiger partial charge in [-0.15, -0.1) is 0 Å². The summed E-state index contributed by atoms with van der Waals surface area (Å²) in [6, 6.07) is 3.38. The minimum absolute atomic E-state index is 0.137. The first kappa shape index (κ1) is 14.1. The summed E-state index contributed by atoms with van der Waals surface area (Å²) in [6.45, 7) is 2.74. The Hall–Kier alpha value is -1.33. The average molecular weight is 267 g/mol. The summed E-state index contributed by atoms with van der Waals surface area (Å²) in [6.07, 6.45) is 4.24. The maximum Gasteiger partial charge on any atom is 0.374 e. The molecule has 0 spiro atoms. The van der Waals surface area contributed by atoms with E-state index in [1.807, 2.05) is 0 Å². The van der Waals surface area contributed by atoms with Crippen molar-refractivity contribution in [3.05, 3.63) is 23.7 Å². The van der Waals surface area contributed by atoms with Crippen LogP contribution in [0.2, 0.25) is 0 Å². The van der Waals surface area contributed by atoms with Gasteiger partial charge >= 0.3 is 5.97 Å². The van der Waals surface area contributed by atoms with Crippen molar-refractivity contribution in [3.8, 4) is 0 Å². The van der Waals surface area contributed by atoms with E-state index < -0.39 is 5.97 Å². The Morgan fingerprint density at radius 1 is 1.47 bits per heavy atom. The minimum Gasteiger partial charge on any atom is -0.460 e. The molecule has 1 fully saturated rings. The zero-order chi connectivity index (χ0) is 13.7. The first-order chi connectivity index (χ1) is 9.19. The van der Waals surface area contributed by atoms with Gasteiger partial charge in [-0.05, 0) is 31.9 Å². The van der Waals surface area contributed by atoms with E-state index >= 15 is 0 Å². The van der Waals surface area contributed by atoms with Gasteiger partial charge in [-0.25, -0.2) is 4.79 Å². The highest BCUT2D eigenvalue weighted by Crippen LogP contribution is 2.29. The van der Waals surface area contributed by atoms with Crippen LogP contribution in [0.3, 0.4) is 0 Å². The molecule has 5 heteroatoms. The molecule has 0 bridgehead atoms. The normalized spacial score (nSPS) is 17.6. The Morgan fingerprint density at radius 3 is 2.84 bits per heavy atom. The van der Waals surface area contributed by atoms with Crippen molar-refractivity contribution in [1.29, 1.82) is 0 Å². The Kier molecular flexibility index (Phi) is 4.61. The summed E-state index contributed by atoms with van der Waals surface area (Å²) in [5.74, 6) is 0.470. The third kappa shape index (κ3) is 3.36. The maximum atomic E-state index is 11.5. The number of nitrogens with one attached hydrogen (secondary N) is 1. The number of furan rings is 1. The molecule has 19 heavy (non-hydrogen) atoms. The molecule has 0 radical (unpaired) electrons. The zero-order valence-corrected chi connectivity index (χ0v) is 11.3. The molecule has 1 heterocycles. The number of aliphatic hydroxyl groups is 1. The number of carbonyl (C=O) groups excluding carboxylic acids is 1. The van der Waals surface area contributed by atoms with Gasteiger partial charge in [0.2, 0.25) is 5.76 Å². The fraction of sp³-hybridized carbons (Fsp3) is 0.643. The van der Waals surface area contributed by atoms with Crippen molar-refractivity contribution in [2.45, 2.75) is 44.7 Å². The van der Waals surface area contributed by atoms with Gasteiger partial charge in [-0.3, -0.25) is 0 Å². The average Bonchev–Trinajstić information content (AvgIpc) is 3.07. The van der Waals surface area contributed by atoms with Gasteiger partial charge in [0.15, 0.2) is 0 Å². The molecule has 0 saturated heterocycles. The van der Waals surface area contributed by atoms with Gasteiger partial charge in [-0.1, -0.05) is 12.8 Å². The molecular formula is C14H21NO4. The van der Waals surface area contributed by atoms with E-state index in [-0.39, 0.29) is 17.9 Å². The summed E-state index contributed by atoms with van der Waals surface area (Å²) in [5, 5.41) is 12.8. The lowest BCUT2D eigenvalue weighted by molar-refractivity contribution is 0.0487. The topological polar surface area (TPSA) is 71.7 Å². The fourth-order valence-electron chi connectivity index (χ4n) is 2.50. The zero-order valence-electron chi connectivity index (χ0n) is 11.3. The third-order valence-electron chi connectivity index (χ3n) is 3.64. The van der Waals surface area contributed by atoms with Crippen LogP contribution in [0.15, 0.2) is 16.5 Å². The molecule has 0 aliphatic heterocycles. The van der Waals surface area contributed by atoms with Gasteiger partial charge < -0.3 is 19.6 Å². The lowest BCUT2D eigenvalue weighted by Crippen LogP contribution is -2.45. The van der Waals surface area contributed by atoms with Crippen LogP contribution in [0.4, 0.5) is 0 Å². The van der Waals surface area contributed by atoms with Crippen LogP contribution >= 0.6 is 0 Å². The van der Waals surface area contributed by atoms with Gasteiger partial charge in [0.1, 0.15) is 5.76 Å². The summed E-state index contributed by atoms with van der Waals surface area (Å²) in [4.78, 5) is 11.5. The smallest absolute Gasteiger partial charge is 0.374 e. The highest BCUT2D eigenvalue weighted by molar-refractivity contribution is 5.86. The van der Waals surface area contributed by atoms with E-state index in [1.54, 1.807) is 19.1 Å². The molecule has 1 aliphatic carbocycles. The lowest BCUT2D eigenvalue weighted by Gasteiger charge is -2.27. The van der Waals surface area contributed by atoms with Crippen LogP contribution in [0.5, 0.6) is 0 Å². The molecule has 2 N–H and O–H groups in total. The Bertz CT molecular complexity index is 421. The fourth-order valence-corrected chi connectivity index (χ4v) is 2.50. The third-order valence-corrected chi connectivity index (χ3v) is 3.64. The van der Waals surface area contributed by atoms with E-state index in [9.17, 15) is 9.90 Å². The monoisotopic (exact) mass is 267 g/mol. The van der Waals surface area contributed by atoms with Crippen LogP contribution in [0.25, 0.3) is 0 Å². The van der Waals surface area contributed by atoms with Crippen molar-refractivity contribution >= 4 is 5.97 Å². The van der Waals surface area contributed by atoms with Crippen molar-refractivity contribution < 1.29 is 19.1 Å². The number of hydrogen-bond acceptors (Lipinski definition) is 5. The van der Waals surface area contributed by atoms with Crippen LogP contribution in [-0.2, 0) is 11.3 Å². The van der Waals surface area contributed by atoms with E-state index in [0.29, 0.717) is 18.9 Å². The summed E-state index contributed by atoms with van der Waals surface area (Å²) in [5.41, 5.74) is -0.184. The number of rotatable bonds is 6. The number of carbonyl (C=O) groups is 1. The highest BCUT2D eigenvalue weighted by Gasteiger charge is 2.32. The van der Waals surface area contributed by atoms with Crippen molar-refractivity contribution in [3.63, 3.8) is 0 Å². The van der Waals surface area contributed by atoms with Gasteiger partial charge in [0.05, 0.1) is 19.8 Å². The van der Waals surface area contributed by atoms with E-state index in [1.165, 1.54) is 0 Å². The molecule has 1 aliphatic rings. The molecule has 2 rings (SSSR count). The van der Waals surface area contributed by atoms with Gasteiger partial charge in [-0.2, -0.15) is 0 Å².